The number of fused-ring (bicyclic) bond motifs is 1. The Balaban J connectivity index is 1.45. The topological polar surface area (TPSA) is 59.1 Å². The molecule has 2 aromatic carbocycles. The van der Waals surface area contributed by atoms with Crippen molar-refractivity contribution in [2.75, 3.05) is 27.3 Å². The zero-order valence-corrected chi connectivity index (χ0v) is 22.3. The van der Waals surface area contributed by atoms with E-state index in [2.05, 4.69) is 6.07 Å². The van der Waals surface area contributed by atoms with Gasteiger partial charge in [-0.05, 0) is 66.1 Å². The minimum absolute atomic E-state index is 0.00972. The first kappa shape index (κ1) is 24.9. The van der Waals surface area contributed by atoms with Gasteiger partial charge in [-0.2, -0.15) is 0 Å². The first-order chi connectivity index (χ1) is 17.4. The fourth-order valence-electron chi connectivity index (χ4n) is 4.73. The SMILES string of the molecule is COc1cc(OC)cc(C(=O)N(CC(=O)N2CCc3sccc3[C@@H]2c2ccc(Cl)cc2Cl)C2CC2)c1. The molecule has 1 saturated carbocycles. The molecule has 1 fully saturated rings. The van der Waals surface area contributed by atoms with E-state index in [9.17, 15) is 9.59 Å². The summed E-state index contributed by atoms with van der Waals surface area (Å²) >= 11 is 14.5. The summed E-state index contributed by atoms with van der Waals surface area (Å²) in [6.45, 7) is 0.542. The zero-order chi connectivity index (χ0) is 25.4. The number of rotatable bonds is 7. The van der Waals surface area contributed by atoms with Crippen molar-refractivity contribution in [1.29, 1.82) is 0 Å². The van der Waals surface area contributed by atoms with Gasteiger partial charge >= 0.3 is 0 Å². The van der Waals surface area contributed by atoms with Crippen LogP contribution in [-0.4, -0.2) is 55.0 Å². The minimum atomic E-state index is -0.328. The fraction of sp³-hybridized carbons (Fsp3) is 0.333. The number of halogens is 2. The monoisotopic (exact) mass is 544 g/mol. The second-order valence-corrected chi connectivity index (χ2v) is 10.8. The van der Waals surface area contributed by atoms with E-state index in [0.717, 1.165) is 30.4 Å². The van der Waals surface area contributed by atoms with E-state index in [-0.39, 0.29) is 30.4 Å². The van der Waals surface area contributed by atoms with Gasteiger partial charge in [0, 0.05) is 39.1 Å². The predicted molar refractivity (Wildman–Crippen MR) is 142 cm³/mol. The Morgan fingerprint density at radius 3 is 2.39 bits per heavy atom. The van der Waals surface area contributed by atoms with Gasteiger partial charge < -0.3 is 19.3 Å². The normalized spacial score (nSPS) is 16.9. The third kappa shape index (κ3) is 4.92. The van der Waals surface area contributed by atoms with Crippen molar-refractivity contribution in [3.63, 3.8) is 0 Å². The van der Waals surface area contributed by atoms with Crippen LogP contribution in [0.15, 0.2) is 47.8 Å². The molecule has 188 valence electrons. The largest absolute Gasteiger partial charge is 0.497 e. The maximum Gasteiger partial charge on any atom is 0.254 e. The molecule has 3 aromatic rings. The van der Waals surface area contributed by atoms with E-state index >= 15 is 0 Å². The van der Waals surface area contributed by atoms with Gasteiger partial charge in [-0.15, -0.1) is 11.3 Å². The van der Waals surface area contributed by atoms with Crippen molar-refractivity contribution >= 4 is 46.4 Å². The van der Waals surface area contributed by atoms with E-state index in [1.54, 1.807) is 60.8 Å². The molecule has 5 rings (SSSR count). The predicted octanol–water partition coefficient (Wildman–Crippen LogP) is 5.85. The maximum atomic E-state index is 13.8. The number of ether oxygens (including phenoxy) is 2. The second kappa shape index (κ2) is 10.3. The Morgan fingerprint density at radius 2 is 1.75 bits per heavy atom. The number of hydrogen-bond donors (Lipinski definition) is 0. The van der Waals surface area contributed by atoms with Crippen molar-refractivity contribution in [2.45, 2.75) is 31.3 Å². The van der Waals surface area contributed by atoms with Gasteiger partial charge in [0.25, 0.3) is 5.91 Å². The molecule has 1 aromatic heterocycles. The third-order valence-electron chi connectivity index (χ3n) is 6.70. The fourth-order valence-corrected chi connectivity index (χ4v) is 6.15. The zero-order valence-electron chi connectivity index (χ0n) is 20.0. The molecule has 0 saturated heterocycles. The van der Waals surface area contributed by atoms with Crippen LogP contribution in [0.4, 0.5) is 0 Å². The lowest BCUT2D eigenvalue weighted by atomic mass is 9.93. The van der Waals surface area contributed by atoms with Crippen molar-refractivity contribution in [3.8, 4) is 11.5 Å². The van der Waals surface area contributed by atoms with Gasteiger partial charge in [0.05, 0.1) is 20.3 Å². The lowest BCUT2D eigenvalue weighted by molar-refractivity contribution is -0.134. The highest BCUT2D eigenvalue weighted by Crippen LogP contribution is 2.41. The molecule has 36 heavy (non-hydrogen) atoms. The molecule has 2 aliphatic rings. The molecule has 1 aliphatic heterocycles. The van der Waals surface area contributed by atoms with Crippen LogP contribution in [0, 0.1) is 0 Å². The van der Waals surface area contributed by atoms with Crippen LogP contribution >= 0.6 is 34.5 Å². The summed E-state index contributed by atoms with van der Waals surface area (Å²) in [6.07, 6.45) is 2.52. The number of carbonyl (C=O) groups is 2. The van der Waals surface area contributed by atoms with E-state index in [4.69, 9.17) is 32.7 Å². The van der Waals surface area contributed by atoms with Crippen molar-refractivity contribution in [1.82, 2.24) is 9.80 Å². The Kier molecular flexibility index (Phi) is 7.15. The Morgan fingerprint density at radius 1 is 1.03 bits per heavy atom. The molecule has 2 heterocycles. The molecule has 6 nitrogen and oxygen atoms in total. The molecule has 1 atom stereocenters. The van der Waals surface area contributed by atoms with Crippen LogP contribution in [0.25, 0.3) is 0 Å². The minimum Gasteiger partial charge on any atom is -0.497 e. The highest BCUT2D eigenvalue weighted by atomic mass is 35.5. The average Bonchev–Trinajstić information content (AvgIpc) is 3.61. The lowest BCUT2D eigenvalue weighted by Gasteiger charge is -2.38. The van der Waals surface area contributed by atoms with Gasteiger partial charge in [0.2, 0.25) is 5.91 Å². The number of nitrogens with zero attached hydrogens (tertiary/aromatic N) is 2. The summed E-state index contributed by atoms with van der Waals surface area (Å²) in [4.78, 5) is 32.2. The van der Waals surface area contributed by atoms with E-state index in [0.29, 0.717) is 33.7 Å². The number of thiophene rings is 1. The molecular weight excluding hydrogens is 519 g/mol. The Hall–Kier alpha value is -2.74. The molecule has 0 N–H and O–H groups in total. The van der Waals surface area contributed by atoms with Gasteiger partial charge in [0.15, 0.2) is 0 Å². The van der Waals surface area contributed by atoms with E-state index in [1.807, 2.05) is 16.3 Å². The Labute approximate surface area is 224 Å². The summed E-state index contributed by atoms with van der Waals surface area (Å²) in [5.74, 6) is 0.729. The van der Waals surface area contributed by atoms with Crippen LogP contribution in [0.3, 0.4) is 0 Å². The summed E-state index contributed by atoms with van der Waals surface area (Å²) < 4.78 is 10.7. The molecule has 9 heteroatoms. The van der Waals surface area contributed by atoms with Crippen LogP contribution in [-0.2, 0) is 11.2 Å². The van der Waals surface area contributed by atoms with Crippen molar-refractivity contribution in [2.24, 2.45) is 0 Å². The second-order valence-electron chi connectivity index (χ2n) is 8.97. The van der Waals surface area contributed by atoms with Crippen LogP contribution in [0.1, 0.15) is 45.2 Å². The molecule has 0 spiro atoms. The number of hydrogen-bond acceptors (Lipinski definition) is 5. The number of methoxy groups -OCH3 is 2. The molecular formula is C27H26Cl2N2O4S. The van der Waals surface area contributed by atoms with Gasteiger partial charge in [-0.1, -0.05) is 29.3 Å². The third-order valence-corrected chi connectivity index (χ3v) is 8.25. The van der Waals surface area contributed by atoms with Crippen molar-refractivity contribution < 1.29 is 19.1 Å². The molecule has 0 unspecified atom stereocenters. The summed E-state index contributed by atoms with van der Waals surface area (Å²) in [5.41, 5.74) is 2.34. The standard InChI is InChI=1S/C27H26Cl2N2O4S/c1-34-19-11-16(12-20(14-19)35-2)27(33)31(18-4-5-18)15-25(32)30-9-7-24-22(8-10-36-24)26(30)21-6-3-17(28)13-23(21)29/h3,6,8,10-14,18,26H,4-5,7,9,15H2,1-2H3/t26-/m0/s1. The number of carbonyl (C=O) groups excluding carboxylic acids is 2. The maximum absolute atomic E-state index is 13.8. The molecule has 0 radical (unpaired) electrons. The van der Waals surface area contributed by atoms with Crippen LogP contribution < -0.4 is 9.47 Å². The number of amides is 2. The highest BCUT2D eigenvalue weighted by Gasteiger charge is 2.39. The van der Waals surface area contributed by atoms with E-state index < -0.39 is 0 Å². The summed E-state index contributed by atoms with van der Waals surface area (Å²) in [7, 11) is 3.09. The highest BCUT2D eigenvalue weighted by molar-refractivity contribution is 7.10. The first-order valence-corrected chi connectivity index (χ1v) is 13.4. The lowest BCUT2D eigenvalue weighted by Crippen LogP contribution is -2.47. The average molecular weight is 545 g/mol. The molecule has 0 bridgehead atoms. The van der Waals surface area contributed by atoms with Crippen LogP contribution in [0.2, 0.25) is 10.0 Å². The number of benzene rings is 2. The van der Waals surface area contributed by atoms with Crippen molar-refractivity contribution in [3.05, 3.63) is 79.5 Å². The molecule has 1 aliphatic carbocycles. The van der Waals surface area contributed by atoms with E-state index in [1.165, 1.54) is 4.88 Å². The van der Waals surface area contributed by atoms with Gasteiger partial charge in [0.1, 0.15) is 18.0 Å². The smallest absolute Gasteiger partial charge is 0.254 e. The van der Waals surface area contributed by atoms with Gasteiger partial charge in [-0.3, -0.25) is 9.59 Å². The van der Waals surface area contributed by atoms with Crippen LogP contribution in [0.5, 0.6) is 11.5 Å². The summed E-state index contributed by atoms with van der Waals surface area (Å²) in [5, 5.41) is 3.11. The quantitative estimate of drug-likeness (QED) is 0.374. The molecule has 2 amide bonds. The van der Waals surface area contributed by atoms with Gasteiger partial charge in [-0.25, -0.2) is 0 Å². The Bertz CT molecular complexity index is 1280. The summed E-state index contributed by atoms with van der Waals surface area (Å²) in [6, 6.07) is 12.2. The first-order valence-electron chi connectivity index (χ1n) is 11.7.